The molecule has 1 aromatic heterocycles. The van der Waals surface area contributed by atoms with Crippen molar-refractivity contribution in [3.8, 4) is 28.5 Å². The number of rotatable bonds is 10. The summed E-state index contributed by atoms with van der Waals surface area (Å²) in [6.07, 6.45) is 3.71. The van der Waals surface area contributed by atoms with Crippen molar-refractivity contribution in [3.63, 3.8) is 0 Å². The molecule has 7 heteroatoms. The minimum Gasteiger partial charge on any atom is -0.507 e. The molecule has 1 aliphatic rings. The number of nitrogens with zero attached hydrogens (tertiary/aromatic N) is 2. The van der Waals surface area contributed by atoms with Gasteiger partial charge in [-0.2, -0.15) is 5.10 Å². The quantitative estimate of drug-likeness (QED) is 0.290. The molecule has 1 atom stereocenters. The lowest BCUT2D eigenvalue weighted by atomic mass is 9.94. The molecule has 2 N–H and O–H groups in total. The Hall–Kier alpha value is -3.74. The highest BCUT2D eigenvalue weighted by atomic mass is 16.5. The fourth-order valence-electron chi connectivity index (χ4n) is 4.63. The van der Waals surface area contributed by atoms with Crippen LogP contribution in [0.25, 0.3) is 11.3 Å². The van der Waals surface area contributed by atoms with E-state index in [2.05, 4.69) is 23.7 Å². The first kappa shape index (κ1) is 24.4. The maximum atomic E-state index is 13.4. The SMILES string of the molecule is C=CCN1C(=O)c2[nH]nc(-c3cc(C)cc(C)c3O)c2C1c1ccc(OCCCC)c(OCC)c1. The Bertz CT molecular complexity index is 1250. The molecule has 0 fully saturated rings. The molecule has 35 heavy (non-hydrogen) atoms. The number of ether oxygens (including phenoxy) is 2. The van der Waals surface area contributed by atoms with Crippen LogP contribution in [0.4, 0.5) is 0 Å². The molecule has 0 saturated carbocycles. The van der Waals surface area contributed by atoms with Crippen molar-refractivity contribution < 1.29 is 19.4 Å². The number of carbonyl (C=O) groups is 1. The van der Waals surface area contributed by atoms with Gasteiger partial charge in [0, 0.05) is 17.7 Å². The number of nitrogens with one attached hydrogen (secondary N) is 1. The van der Waals surface area contributed by atoms with Crippen molar-refractivity contribution in [2.45, 2.75) is 46.6 Å². The first-order valence-electron chi connectivity index (χ1n) is 12.1. The maximum Gasteiger partial charge on any atom is 0.273 e. The Labute approximate surface area is 206 Å². The standard InChI is InChI=1S/C28H33N3O4/c1-6-9-13-35-21-11-10-19(16-22(21)34-8-3)26-23-24(20-15-17(4)14-18(5)27(20)32)29-30-25(23)28(33)31(26)12-7-2/h7,10-11,14-16,26,32H,2,6,8-9,12-13H2,1,3-5H3,(H,29,30). The highest BCUT2D eigenvalue weighted by molar-refractivity contribution is 6.00. The number of carbonyl (C=O) groups excluding carboxylic acids is 1. The number of aromatic nitrogens is 2. The van der Waals surface area contributed by atoms with Gasteiger partial charge in [0.05, 0.1) is 19.3 Å². The van der Waals surface area contributed by atoms with Crippen LogP contribution in [0.1, 0.15) is 65.5 Å². The van der Waals surface area contributed by atoms with Gasteiger partial charge in [0.15, 0.2) is 11.5 Å². The largest absolute Gasteiger partial charge is 0.507 e. The van der Waals surface area contributed by atoms with Crippen LogP contribution in [0.15, 0.2) is 43.0 Å². The van der Waals surface area contributed by atoms with Crippen LogP contribution in [0, 0.1) is 13.8 Å². The molecule has 3 aromatic rings. The zero-order valence-corrected chi connectivity index (χ0v) is 20.9. The molecule has 7 nitrogen and oxygen atoms in total. The van der Waals surface area contributed by atoms with Gasteiger partial charge >= 0.3 is 0 Å². The molecule has 2 heterocycles. The van der Waals surface area contributed by atoms with E-state index >= 15 is 0 Å². The van der Waals surface area contributed by atoms with Crippen LogP contribution in [-0.2, 0) is 0 Å². The van der Waals surface area contributed by atoms with Gasteiger partial charge in [-0.1, -0.05) is 31.6 Å². The first-order valence-corrected chi connectivity index (χ1v) is 12.1. The summed E-state index contributed by atoms with van der Waals surface area (Å²) in [4.78, 5) is 15.1. The van der Waals surface area contributed by atoms with Gasteiger partial charge in [0.1, 0.15) is 17.1 Å². The predicted molar refractivity (Wildman–Crippen MR) is 136 cm³/mol. The van der Waals surface area contributed by atoms with Crippen molar-refractivity contribution >= 4 is 5.91 Å². The average molecular weight is 476 g/mol. The number of phenols is 1. The van der Waals surface area contributed by atoms with Gasteiger partial charge in [-0.15, -0.1) is 6.58 Å². The number of unbranched alkanes of at least 4 members (excludes halogenated alkanes) is 1. The molecule has 184 valence electrons. The summed E-state index contributed by atoms with van der Waals surface area (Å²) in [5.74, 6) is 1.32. The van der Waals surface area contributed by atoms with Crippen molar-refractivity contribution in [3.05, 3.63) is 70.9 Å². The Morgan fingerprint density at radius 3 is 2.69 bits per heavy atom. The molecular weight excluding hydrogens is 442 g/mol. The topological polar surface area (TPSA) is 87.7 Å². The first-order chi connectivity index (χ1) is 16.9. The van der Waals surface area contributed by atoms with Crippen LogP contribution >= 0.6 is 0 Å². The number of hydrogen-bond acceptors (Lipinski definition) is 5. The summed E-state index contributed by atoms with van der Waals surface area (Å²) in [5, 5.41) is 18.3. The van der Waals surface area contributed by atoms with Crippen molar-refractivity contribution in [1.82, 2.24) is 15.1 Å². The Balaban J connectivity index is 1.85. The second kappa shape index (κ2) is 10.3. The van der Waals surface area contributed by atoms with Gasteiger partial charge < -0.3 is 19.5 Å². The number of hydrogen-bond donors (Lipinski definition) is 2. The van der Waals surface area contributed by atoms with E-state index in [1.54, 1.807) is 11.0 Å². The Morgan fingerprint density at radius 1 is 1.17 bits per heavy atom. The van der Waals surface area contributed by atoms with E-state index in [-0.39, 0.29) is 11.7 Å². The molecule has 0 spiro atoms. The highest BCUT2D eigenvalue weighted by Gasteiger charge is 2.42. The third-order valence-corrected chi connectivity index (χ3v) is 6.23. The third-order valence-electron chi connectivity index (χ3n) is 6.23. The number of amides is 1. The van der Waals surface area contributed by atoms with E-state index in [4.69, 9.17) is 9.47 Å². The molecule has 0 bridgehead atoms. The lowest BCUT2D eigenvalue weighted by Crippen LogP contribution is -2.29. The van der Waals surface area contributed by atoms with Crippen LogP contribution in [0.2, 0.25) is 0 Å². The van der Waals surface area contributed by atoms with Gasteiger partial charge in [-0.3, -0.25) is 9.89 Å². The number of aromatic amines is 1. The monoisotopic (exact) mass is 475 g/mol. The average Bonchev–Trinajstić information content (AvgIpc) is 3.37. The minimum atomic E-state index is -0.423. The van der Waals surface area contributed by atoms with Crippen molar-refractivity contribution in [1.29, 1.82) is 0 Å². The zero-order valence-electron chi connectivity index (χ0n) is 20.9. The number of H-pyrrole nitrogens is 1. The van der Waals surface area contributed by atoms with E-state index in [0.29, 0.717) is 48.2 Å². The molecule has 4 rings (SSSR count). The van der Waals surface area contributed by atoms with E-state index < -0.39 is 6.04 Å². The third kappa shape index (κ3) is 4.50. The van der Waals surface area contributed by atoms with Gasteiger partial charge in [0.2, 0.25) is 0 Å². The zero-order chi connectivity index (χ0) is 25.1. The lowest BCUT2D eigenvalue weighted by molar-refractivity contribution is 0.0764. The molecule has 2 aromatic carbocycles. The summed E-state index contributed by atoms with van der Waals surface area (Å²) in [5.41, 5.74) is 4.96. The minimum absolute atomic E-state index is 0.159. The molecule has 1 unspecified atom stereocenters. The number of phenolic OH excluding ortho intramolecular Hbond substituents is 1. The van der Waals surface area contributed by atoms with E-state index in [1.807, 2.05) is 51.1 Å². The predicted octanol–water partition coefficient (Wildman–Crippen LogP) is 5.71. The molecular formula is C28H33N3O4. The van der Waals surface area contributed by atoms with Crippen LogP contribution in [0.5, 0.6) is 17.2 Å². The number of aryl methyl sites for hydroxylation is 2. The summed E-state index contributed by atoms with van der Waals surface area (Å²) >= 11 is 0. The molecule has 0 aliphatic carbocycles. The fourth-order valence-corrected chi connectivity index (χ4v) is 4.63. The number of benzene rings is 2. The second-order valence-corrected chi connectivity index (χ2v) is 8.83. The Kier molecular flexibility index (Phi) is 7.15. The fraction of sp³-hybridized carbons (Fsp3) is 0.357. The normalized spacial score (nSPS) is 14.8. The highest BCUT2D eigenvalue weighted by Crippen LogP contribution is 2.46. The van der Waals surface area contributed by atoms with Crippen molar-refractivity contribution in [2.75, 3.05) is 19.8 Å². The number of fused-ring (bicyclic) bond motifs is 1. The summed E-state index contributed by atoms with van der Waals surface area (Å²) in [6.45, 7) is 13.2. The van der Waals surface area contributed by atoms with Gasteiger partial charge in [-0.25, -0.2) is 0 Å². The molecule has 0 radical (unpaired) electrons. The molecule has 1 aliphatic heterocycles. The molecule has 1 amide bonds. The maximum absolute atomic E-state index is 13.4. The van der Waals surface area contributed by atoms with Crippen molar-refractivity contribution in [2.24, 2.45) is 0 Å². The number of aromatic hydroxyl groups is 1. The smallest absolute Gasteiger partial charge is 0.273 e. The summed E-state index contributed by atoms with van der Waals surface area (Å²) in [7, 11) is 0. The second-order valence-electron chi connectivity index (χ2n) is 8.83. The van der Waals surface area contributed by atoms with E-state index in [1.165, 1.54) is 0 Å². The Morgan fingerprint density at radius 2 is 1.97 bits per heavy atom. The van der Waals surface area contributed by atoms with Crippen LogP contribution in [-0.4, -0.2) is 45.9 Å². The van der Waals surface area contributed by atoms with E-state index in [0.717, 1.165) is 35.1 Å². The van der Waals surface area contributed by atoms with Gasteiger partial charge in [0.25, 0.3) is 5.91 Å². The van der Waals surface area contributed by atoms with Gasteiger partial charge in [-0.05, 0) is 62.1 Å². The summed E-state index contributed by atoms with van der Waals surface area (Å²) in [6, 6.07) is 9.19. The lowest BCUT2D eigenvalue weighted by Gasteiger charge is -2.26. The summed E-state index contributed by atoms with van der Waals surface area (Å²) < 4.78 is 11.9. The van der Waals surface area contributed by atoms with E-state index in [9.17, 15) is 9.90 Å². The van der Waals surface area contributed by atoms with Crippen LogP contribution in [0.3, 0.4) is 0 Å². The molecule has 0 saturated heterocycles. The van der Waals surface area contributed by atoms with Crippen LogP contribution < -0.4 is 9.47 Å².